The van der Waals surface area contributed by atoms with E-state index in [0.717, 1.165) is 0 Å². The first kappa shape index (κ1) is 14.5. The number of carbonyl (C=O) groups is 2. The summed E-state index contributed by atoms with van der Waals surface area (Å²) in [6, 6.07) is 0. The molecule has 5 nitrogen and oxygen atoms in total. The van der Waals surface area contributed by atoms with E-state index in [2.05, 4.69) is 10.1 Å². The van der Waals surface area contributed by atoms with Crippen molar-refractivity contribution in [3.8, 4) is 0 Å². The Morgan fingerprint density at radius 2 is 1.88 bits per heavy atom. The number of hydrogen-bond donors (Lipinski definition) is 1. The fourth-order valence-electron chi connectivity index (χ4n) is 0.913. The van der Waals surface area contributed by atoms with Crippen molar-refractivity contribution in [2.45, 2.75) is 39.7 Å². The average Bonchev–Trinajstić information content (AvgIpc) is 2.13. The Labute approximate surface area is 95.8 Å². The van der Waals surface area contributed by atoms with Gasteiger partial charge in [0.1, 0.15) is 11.3 Å². The van der Waals surface area contributed by atoms with Gasteiger partial charge in [-0.15, -0.1) is 0 Å². The largest absolute Gasteiger partial charge is 0.464 e. The number of methoxy groups -OCH3 is 1. The number of ether oxygens (including phenoxy) is 2. The lowest BCUT2D eigenvalue weighted by atomic mass is 10.2. The Morgan fingerprint density at radius 3 is 2.25 bits per heavy atom. The second-order valence-corrected chi connectivity index (χ2v) is 4.14. The van der Waals surface area contributed by atoms with Gasteiger partial charge < -0.3 is 9.47 Å². The zero-order valence-corrected chi connectivity index (χ0v) is 10.4. The van der Waals surface area contributed by atoms with E-state index in [1.807, 2.05) is 6.92 Å². The van der Waals surface area contributed by atoms with E-state index < -0.39 is 17.7 Å². The lowest BCUT2D eigenvalue weighted by Gasteiger charge is -2.20. The van der Waals surface area contributed by atoms with E-state index in [9.17, 15) is 9.59 Å². The van der Waals surface area contributed by atoms with Gasteiger partial charge in [-0.25, -0.2) is 9.59 Å². The normalized spacial score (nSPS) is 11.9. The van der Waals surface area contributed by atoms with E-state index in [0.29, 0.717) is 6.42 Å². The molecular formula is C11H19NO4. The smallest absolute Gasteiger partial charge is 0.412 e. The third-order valence-corrected chi connectivity index (χ3v) is 1.45. The van der Waals surface area contributed by atoms with Crippen molar-refractivity contribution in [2.24, 2.45) is 0 Å². The molecular weight excluding hydrogens is 210 g/mol. The summed E-state index contributed by atoms with van der Waals surface area (Å²) in [7, 11) is 1.25. The number of esters is 1. The van der Waals surface area contributed by atoms with Gasteiger partial charge in [-0.1, -0.05) is 13.0 Å². The molecule has 16 heavy (non-hydrogen) atoms. The number of carbonyl (C=O) groups excluding carboxylic acids is 2. The minimum absolute atomic E-state index is 0.0965. The Balaban J connectivity index is 4.48. The maximum atomic E-state index is 11.4. The molecule has 0 aliphatic rings. The molecule has 0 radical (unpaired) electrons. The number of amides is 1. The summed E-state index contributed by atoms with van der Waals surface area (Å²) in [5, 5.41) is 2.35. The van der Waals surface area contributed by atoms with Crippen LogP contribution >= 0.6 is 0 Å². The Hall–Kier alpha value is -1.52. The zero-order chi connectivity index (χ0) is 12.8. The molecule has 0 saturated heterocycles. The monoisotopic (exact) mass is 229 g/mol. The molecule has 0 aromatic rings. The lowest BCUT2D eigenvalue weighted by molar-refractivity contribution is -0.136. The van der Waals surface area contributed by atoms with Gasteiger partial charge in [0.25, 0.3) is 0 Å². The molecule has 0 spiro atoms. The van der Waals surface area contributed by atoms with E-state index in [1.165, 1.54) is 7.11 Å². The van der Waals surface area contributed by atoms with Crippen LogP contribution in [0.25, 0.3) is 0 Å². The van der Waals surface area contributed by atoms with Gasteiger partial charge in [-0.05, 0) is 27.2 Å². The molecule has 0 bridgehead atoms. The van der Waals surface area contributed by atoms with Crippen LogP contribution in [-0.4, -0.2) is 24.8 Å². The summed E-state index contributed by atoms with van der Waals surface area (Å²) in [5.74, 6) is -0.590. The van der Waals surface area contributed by atoms with Gasteiger partial charge >= 0.3 is 12.1 Å². The van der Waals surface area contributed by atoms with Crippen LogP contribution in [0.15, 0.2) is 11.8 Å². The second kappa shape index (κ2) is 6.15. The molecule has 0 fully saturated rings. The number of hydrogen-bond acceptors (Lipinski definition) is 4. The Kier molecular flexibility index (Phi) is 5.56. The van der Waals surface area contributed by atoms with Crippen molar-refractivity contribution in [3.63, 3.8) is 0 Å². The van der Waals surface area contributed by atoms with E-state index in [4.69, 9.17) is 4.74 Å². The lowest BCUT2D eigenvalue weighted by Crippen LogP contribution is -2.34. The predicted octanol–water partition coefficient (Wildman–Crippen LogP) is 1.98. The number of allylic oxidation sites excluding steroid dienone is 1. The average molecular weight is 229 g/mol. The second-order valence-electron chi connectivity index (χ2n) is 4.14. The summed E-state index contributed by atoms with van der Waals surface area (Å²) >= 11 is 0. The summed E-state index contributed by atoms with van der Waals surface area (Å²) in [4.78, 5) is 22.6. The Bertz CT molecular complexity index is 289. The highest BCUT2D eigenvalue weighted by molar-refractivity contribution is 5.92. The van der Waals surface area contributed by atoms with Gasteiger partial charge in [-0.3, -0.25) is 5.32 Å². The van der Waals surface area contributed by atoms with Gasteiger partial charge in [0.15, 0.2) is 0 Å². The first-order valence-corrected chi connectivity index (χ1v) is 5.08. The molecule has 5 heteroatoms. The van der Waals surface area contributed by atoms with E-state index >= 15 is 0 Å². The molecule has 0 atom stereocenters. The highest BCUT2D eigenvalue weighted by Crippen LogP contribution is 2.07. The molecule has 0 aliphatic heterocycles. The molecule has 92 valence electrons. The SMILES string of the molecule is CC/C=C(/NC(=O)OC(C)(C)C)C(=O)OC. The number of nitrogens with one attached hydrogen (secondary N) is 1. The highest BCUT2D eigenvalue weighted by Gasteiger charge is 2.19. The molecule has 0 saturated carbocycles. The molecule has 0 rings (SSSR count). The quantitative estimate of drug-likeness (QED) is 0.593. The van der Waals surface area contributed by atoms with Gasteiger partial charge in [0, 0.05) is 0 Å². The van der Waals surface area contributed by atoms with Crippen LogP contribution < -0.4 is 5.32 Å². The maximum absolute atomic E-state index is 11.4. The number of alkyl carbamates (subject to hydrolysis) is 1. The van der Waals surface area contributed by atoms with Crippen LogP contribution in [0.1, 0.15) is 34.1 Å². The van der Waals surface area contributed by atoms with Gasteiger partial charge in [0.2, 0.25) is 0 Å². The molecule has 1 N–H and O–H groups in total. The van der Waals surface area contributed by atoms with Crippen LogP contribution in [0.5, 0.6) is 0 Å². The fraction of sp³-hybridized carbons (Fsp3) is 0.636. The summed E-state index contributed by atoms with van der Waals surface area (Å²) in [6.45, 7) is 7.08. The van der Waals surface area contributed by atoms with Crippen molar-refractivity contribution in [1.82, 2.24) is 5.32 Å². The number of rotatable bonds is 3. The van der Waals surface area contributed by atoms with Crippen LogP contribution in [-0.2, 0) is 14.3 Å². The maximum Gasteiger partial charge on any atom is 0.412 e. The molecule has 0 aromatic carbocycles. The van der Waals surface area contributed by atoms with Crippen molar-refractivity contribution in [3.05, 3.63) is 11.8 Å². The molecule has 0 aromatic heterocycles. The van der Waals surface area contributed by atoms with Crippen LogP contribution in [0.4, 0.5) is 4.79 Å². The van der Waals surface area contributed by atoms with E-state index in [-0.39, 0.29) is 5.70 Å². The van der Waals surface area contributed by atoms with Crippen LogP contribution in [0, 0.1) is 0 Å². The molecule has 0 aliphatic carbocycles. The van der Waals surface area contributed by atoms with E-state index in [1.54, 1.807) is 26.8 Å². The topological polar surface area (TPSA) is 64.6 Å². The molecule has 0 unspecified atom stereocenters. The summed E-state index contributed by atoms with van der Waals surface area (Å²) in [5.41, 5.74) is -0.503. The van der Waals surface area contributed by atoms with Crippen molar-refractivity contribution >= 4 is 12.1 Å². The Morgan fingerprint density at radius 1 is 1.31 bits per heavy atom. The first-order chi connectivity index (χ1) is 7.30. The summed E-state index contributed by atoms with van der Waals surface area (Å²) in [6.07, 6.45) is 1.51. The van der Waals surface area contributed by atoms with Crippen LogP contribution in [0.3, 0.4) is 0 Å². The van der Waals surface area contributed by atoms with Crippen molar-refractivity contribution in [2.75, 3.05) is 7.11 Å². The van der Waals surface area contributed by atoms with Crippen molar-refractivity contribution < 1.29 is 19.1 Å². The highest BCUT2D eigenvalue weighted by atomic mass is 16.6. The van der Waals surface area contributed by atoms with Gasteiger partial charge in [0.05, 0.1) is 7.11 Å². The zero-order valence-electron chi connectivity index (χ0n) is 10.4. The minimum atomic E-state index is -0.669. The molecule has 1 amide bonds. The fourth-order valence-corrected chi connectivity index (χ4v) is 0.913. The first-order valence-electron chi connectivity index (χ1n) is 5.08. The third-order valence-electron chi connectivity index (χ3n) is 1.45. The van der Waals surface area contributed by atoms with Crippen LogP contribution in [0.2, 0.25) is 0 Å². The standard InChI is InChI=1S/C11H19NO4/c1-6-7-8(9(13)15-5)12-10(14)16-11(2,3)4/h7H,6H2,1-5H3,(H,12,14)/b8-7+. The third kappa shape index (κ3) is 6.06. The summed E-state index contributed by atoms with van der Waals surface area (Å²) < 4.78 is 9.53. The molecule has 0 heterocycles. The van der Waals surface area contributed by atoms with Gasteiger partial charge in [-0.2, -0.15) is 0 Å². The minimum Gasteiger partial charge on any atom is -0.464 e. The predicted molar refractivity (Wildman–Crippen MR) is 59.8 cm³/mol. The van der Waals surface area contributed by atoms with Crippen molar-refractivity contribution in [1.29, 1.82) is 0 Å².